The SMILES string of the molecule is CCc1ccc(C2(CC)NC(=O)N(CC(C)(C)N)C2=O)cc1. The van der Waals surface area contributed by atoms with E-state index in [1.54, 1.807) is 13.8 Å². The molecule has 1 saturated heterocycles. The maximum atomic E-state index is 12.9. The van der Waals surface area contributed by atoms with Gasteiger partial charge in [-0.05, 0) is 37.8 Å². The van der Waals surface area contributed by atoms with Crippen molar-refractivity contribution in [2.24, 2.45) is 5.73 Å². The van der Waals surface area contributed by atoms with Crippen LogP contribution < -0.4 is 11.1 Å². The summed E-state index contributed by atoms with van der Waals surface area (Å²) in [6.07, 6.45) is 1.44. The summed E-state index contributed by atoms with van der Waals surface area (Å²) in [5.41, 5.74) is 6.40. The van der Waals surface area contributed by atoms with E-state index in [0.717, 1.165) is 12.0 Å². The minimum absolute atomic E-state index is 0.201. The highest BCUT2D eigenvalue weighted by Crippen LogP contribution is 2.33. The molecule has 0 radical (unpaired) electrons. The normalized spacial score (nSPS) is 22.1. The highest BCUT2D eigenvalue weighted by molar-refractivity contribution is 6.07. The van der Waals surface area contributed by atoms with Crippen molar-refractivity contribution in [1.82, 2.24) is 10.2 Å². The summed E-state index contributed by atoms with van der Waals surface area (Å²) in [4.78, 5) is 26.4. The molecule has 0 aliphatic carbocycles. The number of hydrogen-bond donors (Lipinski definition) is 2. The van der Waals surface area contributed by atoms with E-state index in [9.17, 15) is 9.59 Å². The first-order chi connectivity index (χ1) is 10.2. The first-order valence-corrected chi connectivity index (χ1v) is 7.76. The number of benzene rings is 1. The minimum Gasteiger partial charge on any atom is -0.324 e. The first kappa shape index (κ1) is 16.5. The smallest absolute Gasteiger partial charge is 0.324 e. The minimum atomic E-state index is -0.978. The second-order valence-electron chi connectivity index (χ2n) is 6.62. The molecule has 5 nitrogen and oxygen atoms in total. The number of carbonyl (C=O) groups excluding carboxylic acids is 2. The number of urea groups is 1. The van der Waals surface area contributed by atoms with Gasteiger partial charge in [0.05, 0.1) is 0 Å². The molecule has 3 amide bonds. The number of nitrogens with zero attached hydrogens (tertiary/aromatic N) is 1. The Balaban J connectivity index is 2.37. The molecule has 1 fully saturated rings. The maximum absolute atomic E-state index is 12.9. The molecule has 0 aromatic heterocycles. The van der Waals surface area contributed by atoms with Gasteiger partial charge in [-0.1, -0.05) is 38.1 Å². The van der Waals surface area contributed by atoms with Crippen LogP contribution in [0, 0.1) is 0 Å². The third kappa shape index (κ3) is 2.86. The third-order valence-electron chi connectivity index (χ3n) is 4.13. The van der Waals surface area contributed by atoms with Gasteiger partial charge in [-0.2, -0.15) is 0 Å². The molecule has 1 aromatic rings. The van der Waals surface area contributed by atoms with Gasteiger partial charge in [-0.3, -0.25) is 9.69 Å². The Morgan fingerprint density at radius 3 is 2.23 bits per heavy atom. The molecule has 5 heteroatoms. The van der Waals surface area contributed by atoms with E-state index in [2.05, 4.69) is 12.2 Å². The van der Waals surface area contributed by atoms with Crippen molar-refractivity contribution in [3.05, 3.63) is 35.4 Å². The fraction of sp³-hybridized carbons (Fsp3) is 0.529. The van der Waals surface area contributed by atoms with Gasteiger partial charge in [0.2, 0.25) is 0 Å². The molecule has 0 bridgehead atoms. The zero-order valence-electron chi connectivity index (χ0n) is 13.8. The maximum Gasteiger partial charge on any atom is 0.325 e. The highest BCUT2D eigenvalue weighted by Gasteiger charge is 2.51. The number of imide groups is 1. The molecule has 0 saturated carbocycles. The van der Waals surface area contributed by atoms with Gasteiger partial charge < -0.3 is 11.1 Å². The van der Waals surface area contributed by atoms with Crippen LogP contribution in [0.5, 0.6) is 0 Å². The fourth-order valence-electron chi connectivity index (χ4n) is 2.84. The van der Waals surface area contributed by atoms with E-state index >= 15 is 0 Å². The van der Waals surface area contributed by atoms with Crippen molar-refractivity contribution in [2.45, 2.75) is 51.6 Å². The van der Waals surface area contributed by atoms with Crippen LogP contribution in [0.2, 0.25) is 0 Å². The third-order valence-corrected chi connectivity index (χ3v) is 4.13. The molecule has 1 aliphatic rings. The molecule has 120 valence electrons. The van der Waals surface area contributed by atoms with Crippen LogP contribution in [-0.4, -0.2) is 28.9 Å². The average molecular weight is 303 g/mol. The predicted molar refractivity (Wildman–Crippen MR) is 86.3 cm³/mol. The number of aryl methyl sites for hydroxylation is 1. The van der Waals surface area contributed by atoms with Crippen LogP contribution in [-0.2, 0) is 16.8 Å². The van der Waals surface area contributed by atoms with Crippen molar-refractivity contribution < 1.29 is 9.59 Å². The van der Waals surface area contributed by atoms with E-state index in [1.807, 2.05) is 31.2 Å². The molecule has 1 unspecified atom stereocenters. The second-order valence-corrected chi connectivity index (χ2v) is 6.62. The Bertz CT molecular complexity index is 575. The fourth-order valence-corrected chi connectivity index (χ4v) is 2.84. The lowest BCUT2D eigenvalue weighted by atomic mass is 9.86. The number of rotatable bonds is 5. The molecule has 22 heavy (non-hydrogen) atoms. The standard InChI is InChI=1S/C17H25N3O2/c1-5-12-7-9-13(10-8-12)17(6-2)14(21)20(15(22)19-17)11-16(3,4)18/h7-10H,5-6,11,18H2,1-4H3,(H,19,22). The Labute approximate surface area is 131 Å². The number of amides is 3. The summed E-state index contributed by atoms with van der Waals surface area (Å²) in [6.45, 7) is 7.79. The molecule has 3 N–H and O–H groups in total. The Morgan fingerprint density at radius 1 is 1.18 bits per heavy atom. The van der Waals surface area contributed by atoms with Crippen LogP contribution in [0.1, 0.15) is 45.2 Å². The van der Waals surface area contributed by atoms with Crippen molar-refractivity contribution in [3.63, 3.8) is 0 Å². The lowest BCUT2D eigenvalue weighted by Crippen LogP contribution is -2.49. The van der Waals surface area contributed by atoms with Crippen molar-refractivity contribution >= 4 is 11.9 Å². The summed E-state index contributed by atoms with van der Waals surface area (Å²) in [7, 11) is 0. The molecular formula is C17H25N3O2. The molecule has 0 spiro atoms. The Kier molecular flexibility index (Phi) is 4.29. The van der Waals surface area contributed by atoms with E-state index in [4.69, 9.17) is 5.73 Å². The number of nitrogens with one attached hydrogen (secondary N) is 1. The van der Waals surface area contributed by atoms with Gasteiger partial charge in [0, 0.05) is 12.1 Å². The molecule has 1 heterocycles. The summed E-state index contributed by atoms with van der Waals surface area (Å²) in [6, 6.07) is 7.49. The summed E-state index contributed by atoms with van der Waals surface area (Å²) in [5.74, 6) is -0.220. The van der Waals surface area contributed by atoms with Gasteiger partial charge in [-0.15, -0.1) is 0 Å². The highest BCUT2D eigenvalue weighted by atomic mass is 16.2. The Morgan fingerprint density at radius 2 is 1.77 bits per heavy atom. The van der Waals surface area contributed by atoms with Gasteiger partial charge in [0.1, 0.15) is 5.54 Å². The number of hydrogen-bond acceptors (Lipinski definition) is 3. The number of carbonyl (C=O) groups is 2. The van der Waals surface area contributed by atoms with Crippen LogP contribution >= 0.6 is 0 Å². The monoisotopic (exact) mass is 303 g/mol. The van der Waals surface area contributed by atoms with Crippen LogP contribution in [0.25, 0.3) is 0 Å². The molecule has 1 atom stereocenters. The zero-order valence-corrected chi connectivity index (χ0v) is 13.8. The number of nitrogens with two attached hydrogens (primary N) is 1. The van der Waals surface area contributed by atoms with Crippen molar-refractivity contribution in [2.75, 3.05) is 6.54 Å². The summed E-state index contributed by atoms with van der Waals surface area (Å²) < 4.78 is 0. The zero-order chi connectivity index (χ0) is 16.5. The van der Waals surface area contributed by atoms with Gasteiger partial charge in [0.15, 0.2) is 0 Å². The Hall–Kier alpha value is -1.88. The summed E-state index contributed by atoms with van der Waals surface area (Å²) >= 11 is 0. The first-order valence-electron chi connectivity index (χ1n) is 7.76. The molecule has 2 rings (SSSR count). The van der Waals surface area contributed by atoms with Crippen molar-refractivity contribution in [1.29, 1.82) is 0 Å². The van der Waals surface area contributed by atoms with Crippen LogP contribution in [0.4, 0.5) is 4.79 Å². The quantitative estimate of drug-likeness (QED) is 0.818. The van der Waals surface area contributed by atoms with E-state index in [-0.39, 0.29) is 18.5 Å². The van der Waals surface area contributed by atoms with E-state index in [1.165, 1.54) is 10.5 Å². The van der Waals surface area contributed by atoms with Gasteiger partial charge in [-0.25, -0.2) is 4.79 Å². The van der Waals surface area contributed by atoms with E-state index < -0.39 is 11.1 Å². The predicted octanol–water partition coefficient (Wildman–Crippen LogP) is 2.14. The van der Waals surface area contributed by atoms with Crippen molar-refractivity contribution in [3.8, 4) is 0 Å². The lowest BCUT2D eigenvalue weighted by Gasteiger charge is -2.28. The molecule has 1 aliphatic heterocycles. The van der Waals surface area contributed by atoms with Crippen LogP contribution in [0.15, 0.2) is 24.3 Å². The van der Waals surface area contributed by atoms with Gasteiger partial charge >= 0.3 is 6.03 Å². The molecule has 1 aromatic carbocycles. The lowest BCUT2D eigenvalue weighted by molar-refractivity contribution is -0.132. The largest absolute Gasteiger partial charge is 0.325 e. The van der Waals surface area contributed by atoms with Gasteiger partial charge in [0.25, 0.3) is 5.91 Å². The van der Waals surface area contributed by atoms with E-state index in [0.29, 0.717) is 6.42 Å². The summed E-state index contributed by atoms with van der Waals surface area (Å²) in [5, 5.41) is 2.88. The second kappa shape index (κ2) is 5.72. The van der Waals surface area contributed by atoms with Crippen LogP contribution in [0.3, 0.4) is 0 Å². The average Bonchev–Trinajstić information content (AvgIpc) is 2.71. The topological polar surface area (TPSA) is 75.4 Å². The molecular weight excluding hydrogens is 278 g/mol.